The van der Waals surface area contributed by atoms with Crippen molar-refractivity contribution < 1.29 is 5.11 Å². The highest BCUT2D eigenvalue weighted by Gasteiger charge is 2.19. The Morgan fingerprint density at radius 1 is 0.933 bits per heavy atom. The molecule has 30 heavy (non-hydrogen) atoms. The minimum Gasteiger partial charge on any atom is -0.508 e. The first-order valence-electron chi connectivity index (χ1n) is 10.6. The number of nitrogens with one attached hydrogen (secondary N) is 2. The number of nitrogens with two attached hydrogens (primary N) is 1. The van der Waals surface area contributed by atoms with E-state index in [-0.39, 0.29) is 5.75 Å². The second-order valence-electron chi connectivity index (χ2n) is 7.97. The summed E-state index contributed by atoms with van der Waals surface area (Å²) in [5.74, 6) is 2.23. The molecular weight excluding hydrogens is 374 g/mol. The van der Waals surface area contributed by atoms with Crippen LogP contribution in [0, 0.1) is 5.92 Å². The zero-order valence-electron chi connectivity index (χ0n) is 17.1. The maximum atomic E-state index is 9.98. The number of aromatic hydroxyl groups is 1. The van der Waals surface area contributed by atoms with Crippen LogP contribution >= 0.6 is 0 Å². The fraction of sp³-hybridized carbons (Fsp3) is 0.333. The molecule has 0 aliphatic heterocycles. The van der Waals surface area contributed by atoms with E-state index in [1.54, 1.807) is 6.07 Å². The Labute approximate surface area is 177 Å². The molecule has 0 bridgehead atoms. The van der Waals surface area contributed by atoms with E-state index in [1.165, 1.54) is 0 Å². The molecule has 1 saturated carbocycles. The van der Waals surface area contributed by atoms with Crippen molar-refractivity contribution in [1.82, 2.24) is 9.97 Å². The van der Waals surface area contributed by atoms with Gasteiger partial charge in [0.2, 0.25) is 5.95 Å². The van der Waals surface area contributed by atoms with Gasteiger partial charge < -0.3 is 21.5 Å². The fourth-order valence-electron chi connectivity index (χ4n) is 3.90. The first-order valence-corrected chi connectivity index (χ1v) is 10.6. The summed E-state index contributed by atoms with van der Waals surface area (Å²) in [4.78, 5) is 9.26. The molecule has 1 aromatic heterocycles. The molecule has 3 aromatic rings. The summed E-state index contributed by atoms with van der Waals surface area (Å²) in [6.45, 7) is 1.33. The van der Waals surface area contributed by atoms with Crippen LogP contribution in [-0.2, 0) is 6.54 Å². The third-order valence-electron chi connectivity index (χ3n) is 5.75. The Balaban J connectivity index is 1.51. The summed E-state index contributed by atoms with van der Waals surface area (Å²) in [6, 6.07) is 17.8. The molecule has 4 rings (SSSR count). The Morgan fingerprint density at radius 2 is 1.67 bits per heavy atom. The van der Waals surface area contributed by atoms with Gasteiger partial charge in [-0.3, -0.25) is 0 Å². The van der Waals surface area contributed by atoms with Crippen molar-refractivity contribution in [2.75, 3.05) is 17.2 Å². The largest absolute Gasteiger partial charge is 0.508 e. The minimum absolute atomic E-state index is 0.264. The molecule has 1 heterocycles. The maximum absolute atomic E-state index is 9.98. The van der Waals surface area contributed by atoms with Crippen LogP contribution in [0.3, 0.4) is 0 Å². The van der Waals surface area contributed by atoms with E-state index in [1.807, 2.05) is 42.6 Å². The van der Waals surface area contributed by atoms with Gasteiger partial charge in [-0.05, 0) is 43.2 Å². The topological polar surface area (TPSA) is 96.1 Å². The predicted octanol–water partition coefficient (Wildman–Crippen LogP) is 4.39. The van der Waals surface area contributed by atoms with E-state index in [4.69, 9.17) is 10.7 Å². The molecule has 0 amide bonds. The first-order chi connectivity index (χ1) is 14.7. The van der Waals surface area contributed by atoms with Crippen LogP contribution in [0.2, 0.25) is 0 Å². The lowest BCUT2D eigenvalue weighted by molar-refractivity contribution is 0.338. The van der Waals surface area contributed by atoms with Gasteiger partial charge in [-0.25, -0.2) is 4.98 Å². The molecule has 1 fully saturated rings. The molecule has 0 radical (unpaired) electrons. The van der Waals surface area contributed by atoms with Crippen LogP contribution in [0.5, 0.6) is 5.75 Å². The molecule has 6 nitrogen and oxygen atoms in total. The van der Waals surface area contributed by atoms with E-state index >= 15 is 0 Å². The van der Waals surface area contributed by atoms with Gasteiger partial charge in [-0.15, -0.1) is 0 Å². The summed E-state index contributed by atoms with van der Waals surface area (Å²) in [5, 5.41) is 16.8. The van der Waals surface area contributed by atoms with Gasteiger partial charge in [0.15, 0.2) is 0 Å². The van der Waals surface area contributed by atoms with Gasteiger partial charge in [-0.1, -0.05) is 48.5 Å². The zero-order chi connectivity index (χ0) is 20.8. The van der Waals surface area contributed by atoms with E-state index in [2.05, 4.69) is 27.8 Å². The highest BCUT2D eigenvalue weighted by molar-refractivity contribution is 5.75. The molecule has 0 spiro atoms. The third kappa shape index (κ3) is 5.07. The fourth-order valence-corrected chi connectivity index (χ4v) is 3.90. The second kappa shape index (κ2) is 9.59. The Bertz CT molecular complexity index is 955. The summed E-state index contributed by atoms with van der Waals surface area (Å²) < 4.78 is 0. The van der Waals surface area contributed by atoms with Crippen LogP contribution in [0.15, 0.2) is 60.8 Å². The molecule has 0 atom stereocenters. The van der Waals surface area contributed by atoms with Gasteiger partial charge in [-0.2, -0.15) is 4.98 Å². The van der Waals surface area contributed by atoms with Crippen LogP contribution < -0.4 is 16.4 Å². The molecule has 5 N–H and O–H groups in total. The number of phenols is 1. The van der Waals surface area contributed by atoms with E-state index in [9.17, 15) is 5.11 Å². The standard InChI is InChI=1S/C24H29N5O/c25-20-12-10-17(11-13-20)14-26-23-21(18-6-2-1-3-7-18)16-28-24(29-23)27-15-19-8-4-5-9-22(19)30/h1-9,16-17,20,30H,10-15,25H2,(H2,26,27,28,29)/t17-,20-. The van der Waals surface area contributed by atoms with E-state index < -0.39 is 0 Å². The van der Waals surface area contributed by atoms with Crippen molar-refractivity contribution in [3.63, 3.8) is 0 Å². The van der Waals surface area contributed by atoms with E-state index in [0.717, 1.165) is 54.7 Å². The lowest BCUT2D eigenvalue weighted by Crippen LogP contribution is -2.29. The summed E-state index contributed by atoms with van der Waals surface area (Å²) in [5.41, 5.74) is 8.92. The van der Waals surface area contributed by atoms with Crippen LogP contribution in [0.25, 0.3) is 11.1 Å². The van der Waals surface area contributed by atoms with Crippen molar-refractivity contribution >= 4 is 11.8 Å². The van der Waals surface area contributed by atoms with E-state index in [0.29, 0.717) is 24.5 Å². The molecule has 0 unspecified atom stereocenters. The Morgan fingerprint density at radius 3 is 2.43 bits per heavy atom. The van der Waals surface area contributed by atoms with Gasteiger partial charge in [0.05, 0.1) is 0 Å². The van der Waals surface area contributed by atoms with Crippen molar-refractivity contribution in [2.45, 2.75) is 38.3 Å². The average molecular weight is 404 g/mol. The van der Waals surface area contributed by atoms with Gasteiger partial charge in [0.1, 0.15) is 11.6 Å². The minimum atomic E-state index is 0.264. The number of hydrogen-bond donors (Lipinski definition) is 4. The number of nitrogens with zero attached hydrogens (tertiary/aromatic N) is 2. The molecule has 1 aliphatic rings. The molecule has 0 saturated heterocycles. The monoisotopic (exact) mass is 403 g/mol. The molecule has 1 aliphatic carbocycles. The molecule has 6 heteroatoms. The van der Waals surface area contributed by atoms with Crippen molar-refractivity contribution in [2.24, 2.45) is 11.7 Å². The lowest BCUT2D eigenvalue weighted by Gasteiger charge is -2.26. The quantitative estimate of drug-likeness (QED) is 0.467. The maximum Gasteiger partial charge on any atom is 0.224 e. The summed E-state index contributed by atoms with van der Waals surface area (Å²) in [7, 11) is 0. The van der Waals surface area contributed by atoms with Crippen LogP contribution in [0.4, 0.5) is 11.8 Å². The van der Waals surface area contributed by atoms with Gasteiger partial charge in [0, 0.05) is 36.5 Å². The van der Waals surface area contributed by atoms with Crippen LogP contribution in [0.1, 0.15) is 31.2 Å². The molecule has 2 aromatic carbocycles. The average Bonchev–Trinajstić information content (AvgIpc) is 2.79. The Hall–Kier alpha value is -3.12. The van der Waals surface area contributed by atoms with Crippen molar-refractivity contribution in [3.8, 4) is 16.9 Å². The number of aromatic nitrogens is 2. The predicted molar refractivity (Wildman–Crippen MR) is 121 cm³/mol. The van der Waals surface area contributed by atoms with Crippen molar-refractivity contribution in [1.29, 1.82) is 0 Å². The Kier molecular flexibility index (Phi) is 6.44. The van der Waals surface area contributed by atoms with Gasteiger partial charge >= 0.3 is 0 Å². The third-order valence-corrected chi connectivity index (χ3v) is 5.75. The van der Waals surface area contributed by atoms with Gasteiger partial charge in [0.25, 0.3) is 0 Å². The first kappa shape index (κ1) is 20.2. The number of hydrogen-bond acceptors (Lipinski definition) is 6. The number of benzene rings is 2. The molecular formula is C24H29N5O. The van der Waals surface area contributed by atoms with Crippen molar-refractivity contribution in [3.05, 3.63) is 66.4 Å². The number of anilines is 2. The number of para-hydroxylation sites is 1. The van der Waals surface area contributed by atoms with Crippen LogP contribution in [-0.4, -0.2) is 27.7 Å². The SMILES string of the molecule is N[C@H]1CC[C@H](CNc2nc(NCc3ccccc3O)ncc2-c2ccccc2)CC1. The number of rotatable bonds is 7. The normalized spacial score (nSPS) is 18.7. The lowest BCUT2D eigenvalue weighted by atomic mass is 9.86. The summed E-state index contributed by atoms with van der Waals surface area (Å²) >= 11 is 0. The molecule has 156 valence electrons. The second-order valence-corrected chi connectivity index (χ2v) is 7.97. The highest BCUT2D eigenvalue weighted by atomic mass is 16.3. The number of phenolic OH excluding ortho intramolecular Hbond substituents is 1. The smallest absolute Gasteiger partial charge is 0.224 e. The zero-order valence-corrected chi connectivity index (χ0v) is 17.1. The highest BCUT2D eigenvalue weighted by Crippen LogP contribution is 2.29. The summed E-state index contributed by atoms with van der Waals surface area (Å²) in [6.07, 6.45) is 6.34.